The van der Waals surface area contributed by atoms with E-state index in [2.05, 4.69) is 4.98 Å². The minimum atomic E-state index is -1.05. The zero-order chi connectivity index (χ0) is 14.5. The van der Waals surface area contributed by atoms with Crippen molar-refractivity contribution in [3.8, 4) is 5.75 Å². The SMILES string of the molecule is Cc1cc(OCCc2ccccn2)cc(C(=O)O)c1N. The molecule has 0 atom stereocenters. The zero-order valence-electron chi connectivity index (χ0n) is 11.2. The normalized spacial score (nSPS) is 10.2. The Morgan fingerprint density at radius 2 is 2.20 bits per heavy atom. The van der Waals surface area contributed by atoms with Gasteiger partial charge in [0, 0.05) is 24.0 Å². The number of nitrogen functional groups attached to an aromatic ring is 1. The van der Waals surface area contributed by atoms with Gasteiger partial charge in [0.2, 0.25) is 0 Å². The van der Waals surface area contributed by atoms with Crippen molar-refractivity contribution in [2.24, 2.45) is 0 Å². The van der Waals surface area contributed by atoms with Crippen LogP contribution in [0.25, 0.3) is 0 Å². The monoisotopic (exact) mass is 272 g/mol. The second-order valence-electron chi connectivity index (χ2n) is 4.43. The third kappa shape index (κ3) is 3.26. The Labute approximate surface area is 117 Å². The molecule has 1 heterocycles. The highest BCUT2D eigenvalue weighted by molar-refractivity contribution is 5.95. The van der Waals surface area contributed by atoms with Crippen molar-refractivity contribution >= 4 is 11.7 Å². The number of hydrogen-bond acceptors (Lipinski definition) is 4. The summed E-state index contributed by atoms with van der Waals surface area (Å²) in [5, 5.41) is 9.07. The molecule has 0 aliphatic rings. The van der Waals surface area contributed by atoms with Crippen molar-refractivity contribution in [3.05, 3.63) is 53.3 Å². The van der Waals surface area contributed by atoms with Gasteiger partial charge < -0.3 is 15.6 Å². The molecular formula is C15H16N2O3. The van der Waals surface area contributed by atoms with Crippen molar-refractivity contribution in [3.63, 3.8) is 0 Å². The van der Waals surface area contributed by atoms with Gasteiger partial charge in [0.05, 0.1) is 12.2 Å². The standard InChI is InChI=1S/C15H16N2O3/c1-10-8-12(9-13(14(10)16)15(18)19)20-7-5-11-4-2-3-6-17-11/h2-4,6,8-9H,5,7,16H2,1H3,(H,18,19). The van der Waals surface area contributed by atoms with Gasteiger partial charge in [0.25, 0.3) is 0 Å². The van der Waals surface area contributed by atoms with Gasteiger partial charge >= 0.3 is 5.97 Å². The molecule has 0 radical (unpaired) electrons. The number of rotatable bonds is 5. The summed E-state index contributed by atoms with van der Waals surface area (Å²) in [5.41, 5.74) is 7.69. The van der Waals surface area contributed by atoms with Gasteiger partial charge in [-0.05, 0) is 36.8 Å². The Morgan fingerprint density at radius 3 is 2.85 bits per heavy atom. The number of hydrogen-bond donors (Lipinski definition) is 2. The topological polar surface area (TPSA) is 85.4 Å². The summed E-state index contributed by atoms with van der Waals surface area (Å²) < 4.78 is 5.58. The first kappa shape index (κ1) is 13.9. The molecule has 1 aromatic carbocycles. The number of benzene rings is 1. The molecule has 20 heavy (non-hydrogen) atoms. The highest BCUT2D eigenvalue weighted by Crippen LogP contribution is 2.24. The summed E-state index contributed by atoms with van der Waals surface area (Å²) in [7, 11) is 0. The molecule has 0 aliphatic heterocycles. The van der Waals surface area contributed by atoms with E-state index in [0.29, 0.717) is 24.3 Å². The summed E-state index contributed by atoms with van der Waals surface area (Å²) in [6, 6.07) is 8.87. The number of carboxylic acids is 1. The second kappa shape index (κ2) is 6.06. The van der Waals surface area contributed by atoms with Crippen LogP contribution in [0.1, 0.15) is 21.6 Å². The van der Waals surface area contributed by atoms with Crippen LogP contribution in [0.3, 0.4) is 0 Å². The van der Waals surface area contributed by atoms with E-state index in [0.717, 1.165) is 5.69 Å². The Balaban J connectivity index is 2.05. The van der Waals surface area contributed by atoms with Crippen molar-refractivity contribution in [2.75, 3.05) is 12.3 Å². The Morgan fingerprint density at radius 1 is 1.40 bits per heavy atom. The highest BCUT2D eigenvalue weighted by Gasteiger charge is 2.12. The predicted octanol–water partition coefficient (Wildman–Crippen LogP) is 2.29. The van der Waals surface area contributed by atoms with Crippen LogP contribution in [0.5, 0.6) is 5.75 Å². The number of carbonyl (C=O) groups is 1. The van der Waals surface area contributed by atoms with Gasteiger partial charge in [-0.1, -0.05) is 6.07 Å². The maximum atomic E-state index is 11.1. The molecule has 0 spiro atoms. The van der Waals surface area contributed by atoms with E-state index < -0.39 is 5.97 Å². The quantitative estimate of drug-likeness (QED) is 0.816. The molecule has 3 N–H and O–H groups in total. The summed E-state index contributed by atoms with van der Waals surface area (Å²) in [5.74, 6) is -0.550. The maximum Gasteiger partial charge on any atom is 0.337 e. The van der Waals surface area contributed by atoms with Gasteiger partial charge in [-0.25, -0.2) is 4.79 Å². The minimum absolute atomic E-state index is 0.0674. The molecule has 0 bridgehead atoms. The molecule has 2 aromatic rings. The second-order valence-corrected chi connectivity index (χ2v) is 4.43. The predicted molar refractivity (Wildman–Crippen MR) is 76.0 cm³/mol. The van der Waals surface area contributed by atoms with Crippen LogP contribution in [-0.4, -0.2) is 22.7 Å². The van der Waals surface area contributed by atoms with Crippen molar-refractivity contribution < 1.29 is 14.6 Å². The van der Waals surface area contributed by atoms with Gasteiger partial charge in [-0.2, -0.15) is 0 Å². The average Bonchev–Trinajstić information content (AvgIpc) is 2.43. The lowest BCUT2D eigenvalue weighted by Gasteiger charge is -2.10. The number of aryl methyl sites for hydroxylation is 1. The first-order valence-corrected chi connectivity index (χ1v) is 6.24. The number of ether oxygens (including phenoxy) is 1. The van der Waals surface area contributed by atoms with Gasteiger partial charge in [0.1, 0.15) is 5.75 Å². The molecule has 104 valence electrons. The fourth-order valence-corrected chi connectivity index (χ4v) is 1.84. The Hall–Kier alpha value is -2.56. The van der Waals surface area contributed by atoms with Crippen LogP contribution in [-0.2, 0) is 6.42 Å². The largest absolute Gasteiger partial charge is 0.493 e. The molecule has 1 aromatic heterocycles. The van der Waals surface area contributed by atoms with Crippen LogP contribution in [0, 0.1) is 6.92 Å². The van der Waals surface area contributed by atoms with Crippen molar-refractivity contribution in [1.82, 2.24) is 4.98 Å². The Bertz CT molecular complexity index is 612. The van der Waals surface area contributed by atoms with E-state index in [1.54, 1.807) is 19.2 Å². The number of pyridine rings is 1. The molecule has 0 saturated heterocycles. The highest BCUT2D eigenvalue weighted by atomic mass is 16.5. The minimum Gasteiger partial charge on any atom is -0.493 e. The zero-order valence-corrected chi connectivity index (χ0v) is 11.2. The fraction of sp³-hybridized carbons (Fsp3) is 0.200. The third-order valence-corrected chi connectivity index (χ3v) is 2.94. The van der Waals surface area contributed by atoms with Crippen molar-refractivity contribution in [1.29, 1.82) is 0 Å². The molecule has 2 rings (SSSR count). The lowest BCUT2D eigenvalue weighted by molar-refractivity contribution is 0.0697. The third-order valence-electron chi connectivity index (χ3n) is 2.94. The van der Waals surface area contributed by atoms with Crippen LogP contribution in [0.4, 0.5) is 5.69 Å². The Kier molecular flexibility index (Phi) is 4.20. The number of carboxylic acid groups (broad SMARTS) is 1. The fourth-order valence-electron chi connectivity index (χ4n) is 1.84. The van der Waals surface area contributed by atoms with Crippen LogP contribution < -0.4 is 10.5 Å². The first-order valence-electron chi connectivity index (χ1n) is 6.24. The number of nitrogens with two attached hydrogens (primary N) is 1. The molecule has 0 fully saturated rings. The summed E-state index contributed by atoms with van der Waals surface area (Å²) >= 11 is 0. The summed E-state index contributed by atoms with van der Waals surface area (Å²) in [6.45, 7) is 2.19. The molecular weight excluding hydrogens is 256 g/mol. The number of aromatic nitrogens is 1. The van der Waals surface area contributed by atoms with E-state index in [-0.39, 0.29) is 11.3 Å². The average molecular weight is 272 g/mol. The van der Waals surface area contributed by atoms with Gasteiger partial charge in [-0.15, -0.1) is 0 Å². The van der Waals surface area contributed by atoms with E-state index in [1.165, 1.54) is 6.07 Å². The first-order chi connectivity index (χ1) is 9.58. The van der Waals surface area contributed by atoms with Gasteiger partial charge in [0.15, 0.2) is 0 Å². The number of aromatic carboxylic acids is 1. The number of anilines is 1. The number of nitrogens with zero attached hydrogens (tertiary/aromatic N) is 1. The van der Waals surface area contributed by atoms with Crippen LogP contribution in [0.2, 0.25) is 0 Å². The molecule has 0 saturated carbocycles. The van der Waals surface area contributed by atoms with E-state index in [4.69, 9.17) is 15.6 Å². The van der Waals surface area contributed by atoms with Crippen LogP contribution in [0.15, 0.2) is 36.5 Å². The molecule has 0 amide bonds. The molecule has 5 heteroatoms. The maximum absolute atomic E-state index is 11.1. The van der Waals surface area contributed by atoms with Crippen LogP contribution >= 0.6 is 0 Å². The van der Waals surface area contributed by atoms with E-state index >= 15 is 0 Å². The van der Waals surface area contributed by atoms with Crippen molar-refractivity contribution in [2.45, 2.75) is 13.3 Å². The lowest BCUT2D eigenvalue weighted by Crippen LogP contribution is -2.07. The van der Waals surface area contributed by atoms with Gasteiger partial charge in [-0.3, -0.25) is 4.98 Å². The molecule has 0 aliphatic carbocycles. The molecule has 0 unspecified atom stereocenters. The summed E-state index contributed by atoms with van der Waals surface area (Å²) in [6.07, 6.45) is 2.39. The summed E-state index contributed by atoms with van der Waals surface area (Å²) in [4.78, 5) is 15.3. The lowest BCUT2D eigenvalue weighted by atomic mass is 10.1. The van der Waals surface area contributed by atoms with E-state index in [1.807, 2.05) is 18.2 Å². The molecule has 5 nitrogen and oxygen atoms in total. The smallest absolute Gasteiger partial charge is 0.337 e. The van der Waals surface area contributed by atoms with E-state index in [9.17, 15) is 4.79 Å².